The minimum absolute atomic E-state index is 0.0519. The molecule has 0 aliphatic carbocycles. The second-order valence-corrected chi connectivity index (χ2v) is 12.7. The predicted octanol–water partition coefficient (Wildman–Crippen LogP) is 6.18. The Bertz CT molecular complexity index is 1470. The van der Waals surface area contributed by atoms with Gasteiger partial charge in [-0.25, -0.2) is 8.42 Å². The van der Waals surface area contributed by atoms with Gasteiger partial charge >= 0.3 is 0 Å². The van der Waals surface area contributed by atoms with Crippen molar-refractivity contribution in [3.05, 3.63) is 94.0 Å². The maximum absolute atomic E-state index is 14.2. The summed E-state index contributed by atoms with van der Waals surface area (Å²) >= 11 is 6.46. The fourth-order valence-corrected chi connectivity index (χ4v) is 6.02. The Morgan fingerprint density at radius 3 is 2.15 bits per heavy atom. The van der Waals surface area contributed by atoms with Crippen molar-refractivity contribution in [3.8, 4) is 0 Å². The van der Waals surface area contributed by atoms with Gasteiger partial charge in [-0.1, -0.05) is 67.4 Å². The number of aryl methyl sites for hydroxylation is 3. The molecule has 2 atom stereocenters. The van der Waals surface area contributed by atoms with Gasteiger partial charge in [0.25, 0.3) is 10.0 Å². The first-order valence-electron chi connectivity index (χ1n) is 13.9. The number of sulfonamides is 1. The van der Waals surface area contributed by atoms with Crippen LogP contribution in [0.5, 0.6) is 0 Å². The van der Waals surface area contributed by atoms with E-state index in [1.807, 2.05) is 53.7 Å². The molecule has 0 aromatic heterocycles. The van der Waals surface area contributed by atoms with E-state index in [0.717, 1.165) is 27.4 Å². The number of nitrogens with one attached hydrogen (secondary N) is 1. The Hall–Kier alpha value is -3.36. The Morgan fingerprint density at radius 2 is 1.56 bits per heavy atom. The second kappa shape index (κ2) is 14.0. The third kappa shape index (κ3) is 7.89. The largest absolute Gasteiger partial charge is 0.352 e. The van der Waals surface area contributed by atoms with E-state index in [4.69, 9.17) is 11.6 Å². The van der Waals surface area contributed by atoms with E-state index in [-0.39, 0.29) is 23.4 Å². The molecule has 7 nitrogen and oxygen atoms in total. The zero-order chi connectivity index (χ0) is 30.3. The molecule has 0 heterocycles. The molecule has 0 radical (unpaired) electrons. The van der Waals surface area contributed by atoms with Crippen LogP contribution < -0.4 is 9.62 Å². The molecule has 0 spiro atoms. The van der Waals surface area contributed by atoms with Crippen molar-refractivity contribution in [1.82, 2.24) is 10.2 Å². The van der Waals surface area contributed by atoms with E-state index in [9.17, 15) is 18.0 Å². The topological polar surface area (TPSA) is 86.8 Å². The van der Waals surface area contributed by atoms with Crippen LogP contribution in [0.4, 0.5) is 5.69 Å². The normalized spacial score (nSPS) is 12.9. The number of nitrogens with zero attached hydrogens (tertiary/aromatic N) is 2. The van der Waals surface area contributed by atoms with Gasteiger partial charge in [0, 0.05) is 17.6 Å². The van der Waals surface area contributed by atoms with Crippen molar-refractivity contribution in [2.45, 2.75) is 77.9 Å². The summed E-state index contributed by atoms with van der Waals surface area (Å²) in [5.74, 6) is -0.800. The smallest absolute Gasteiger partial charge is 0.264 e. The van der Waals surface area contributed by atoms with Gasteiger partial charge < -0.3 is 10.2 Å². The van der Waals surface area contributed by atoms with Gasteiger partial charge in [-0.3, -0.25) is 13.9 Å². The standard InChI is InChI=1S/C32H40ClN3O4S/c1-7-25(6)34-32(38)30(8-2)35(20-26-11-9-10-12-29(26)33)31(37)21-36(27-16-15-23(4)24(5)19-27)41(39,40)28-17-13-22(3)14-18-28/h9-19,25,30H,7-8,20-21H2,1-6H3,(H,34,38)/t25-,30+/m0/s1. The molecule has 3 aromatic rings. The average Bonchev–Trinajstić information content (AvgIpc) is 2.94. The van der Waals surface area contributed by atoms with Gasteiger partial charge in [0.1, 0.15) is 12.6 Å². The summed E-state index contributed by atoms with van der Waals surface area (Å²) in [5, 5.41) is 3.44. The van der Waals surface area contributed by atoms with E-state index < -0.39 is 28.5 Å². The second-order valence-electron chi connectivity index (χ2n) is 10.4. The van der Waals surface area contributed by atoms with Crippen molar-refractivity contribution < 1.29 is 18.0 Å². The number of benzene rings is 3. The summed E-state index contributed by atoms with van der Waals surface area (Å²) in [5.41, 5.74) is 3.85. The summed E-state index contributed by atoms with van der Waals surface area (Å²) in [6, 6.07) is 18.1. The summed E-state index contributed by atoms with van der Waals surface area (Å²) in [6.07, 6.45) is 1.07. The molecule has 3 aromatic carbocycles. The lowest BCUT2D eigenvalue weighted by Gasteiger charge is -2.34. The number of hydrogen-bond donors (Lipinski definition) is 1. The molecule has 0 aliphatic rings. The van der Waals surface area contributed by atoms with Crippen LogP contribution in [-0.2, 0) is 26.2 Å². The van der Waals surface area contributed by atoms with Crippen LogP contribution in [0.25, 0.3) is 0 Å². The highest BCUT2D eigenvalue weighted by molar-refractivity contribution is 7.92. The number of amides is 2. The van der Waals surface area contributed by atoms with E-state index in [2.05, 4.69) is 5.32 Å². The van der Waals surface area contributed by atoms with Gasteiger partial charge in [-0.15, -0.1) is 0 Å². The van der Waals surface area contributed by atoms with Gasteiger partial charge in [0.15, 0.2) is 0 Å². The molecule has 3 rings (SSSR count). The summed E-state index contributed by atoms with van der Waals surface area (Å²) < 4.78 is 29.2. The van der Waals surface area contributed by atoms with Crippen LogP contribution in [0.15, 0.2) is 71.6 Å². The SMILES string of the molecule is CC[C@H](C(=O)N[C@@H](C)CC)N(Cc1ccccc1Cl)C(=O)CN(c1ccc(C)c(C)c1)S(=O)(=O)c1ccc(C)cc1. The van der Waals surface area contributed by atoms with Crippen LogP contribution in [-0.4, -0.2) is 43.8 Å². The quantitative estimate of drug-likeness (QED) is 0.270. The lowest BCUT2D eigenvalue weighted by atomic mass is 10.1. The van der Waals surface area contributed by atoms with Crippen LogP contribution in [0.1, 0.15) is 55.9 Å². The molecular formula is C32H40ClN3O4S. The Morgan fingerprint density at radius 1 is 0.902 bits per heavy atom. The number of carbonyl (C=O) groups excluding carboxylic acids is 2. The van der Waals surface area contributed by atoms with Crippen molar-refractivity contribution in [1.29, 1.82) is 0 Å². The van der Waals surface area contributed by atoms with Gasteiger partial charge in [0.05, 0.1) is 10.6 Å². The highest BCUT2D eigenvalue weighted by Gasteiger charge is 2.34. The minimum atomic E-state index is -4.13. The number of carbonyl (C=O) groups is 2. The molecule has 0 aliphatic heterocycles. The van der Waals surface area contributed by atoms with Crippen LogP contribution in [0.3, 0.4) is 0 Å². The molecule has 0 bridgehead atoms. The van der Waals surface area contributed by atoms with E-state index in [1.165, 1.54) is 4.90 Å². The monoisotopic (exact) mass is 597 g/mol. The molecule has 41 heavy (non-hydrogen) atoms. The zero-order valence-corrected chi connectivity index (χ0v) is 26.2. The van der Waals surface area contributed by atoms with Crippen LogP contribution >= 0.6 is 11.6 Å². The molecule has 220 valence electrons. The van der Waals surface area contributed by atoms with Crippen LogP contribution in [0, 0.1) is 20.8 Å². The van der Waals surface area contributed by atoms with E-state index >= 15 is 0 Å². The predicted molar refractivity (Wildman–Crippen MR) is 166 cm³/mol. The fourth-order valence-electron chi connectivity index (χ4n) is 4.42. The van der Waals surface area contributed by atoms with Crippen molar-refractivity contribution in [3.63, 3.8) is 0 Å². The average molecular weight is 598 g/mol. The highest BCUT2D eigenvalue weighted by Crippen LogP contribution is 2.27. The third-order valence-electron chi connectivity index (χ3n) is 7.35. The zero-order valence-electron chi connectivity index (χ0n) is 24.6. The molecule has 2 amide bonds. The molecule has 1 N–H and O–H groups in total. The maximum atomic E-state index is 14.2. The molecule has 0 fully saturated rings. The molecular weight excluding hydrogens is 558 g/mol. The fraction of sp³-hybridized carbons (Fsp3) is 0.375. The lowest BCUT2D eigenvalue weighted by molar-refractivity contribution is -0.140. The van der Waals surface area contributed by atoms with Gasteiger partial charge in [-0.2, -0.15) is 0 Å². The summed E-state index contributed by atoms with van der Waals surface area (Å²) in [7, 11) is -4.13. The Balaban J connectivity index is 2.10. The van der Waals surface area contributed by atoms with Crippen LogP contribution in [0.2, 0.25) is 5.02 Å². The minimum Gasteiger partial charge on any atom is -0.352 e. The number of halogens is 1. The van der Waals surface area contributed by atoms with Gasteiger partial charge in [-0.05, 0) is 87.6 Å². The summed E-state index contributed by atoms with van der Waals surface area (Å²) in [6.45, 7) is 11.0. The van der Waals surface area contributed by atoms with Crippen molar-refractivity contribution in [2.75, 3.05) is 10.8 Å². The molecule has 0 unspecified atom stereocenters. The number of rotatable bonds is 12. The first kappa shape index (κ1) is 32.2. The van der Waals surface area contributed by atoms with Crippen molar-refractivity contribution in [2.24, 2.45) is 0 Å². The van der Waals surface area contributed by atoms with E-state index in [0.29, 0.717) is 22.7 Å². The maximum Gasteiger partial charge on any atom is 0.264 e. The first-order valence-corrected chi connectivity index (χ1v) is 15.7. The molecule has 0 saturated carbocycles. The summed E-state index contributed by atoms with van der Waals surface area (Å²) in [4.78, 5) is 29.1. The third-order valence-corrected chi connectivity index (χ3v) is 9.51. The Kier molecular flexibility index (Phi) is 11.0. The first-order chi connectivity index (χ1) is 19.4. The molecule has 9 heteroatoms. The Labute approximate surface area is 249 Å². The number of hydrogen-bond acceptors (Lipinski definition) is 4. The van der Waals surface area contributed by atoms with E-state index in [1.54, 1.807) is 54.6 Å². The molecule has 0 saturated heterocycles. The van der Waals surface area contributed by atoms with Crippen molar-refractivity contribution >= 4 is 39.1 Å². The van der Waals surface area contributed by atoms with Gasteiger partial charge in [0.2, 0.25) is 11.8 Å². The number of anilines is 1. The highest BCUT2D eigenvalue weighted by atomic mass is 35.5. The lowest BCUT2D eigenvalue weighted by Crippen LogP contribution is -2.53.